The molecule has 64 valence electrons. The van der Waals surface area contributed by atoms with Crippen molar-refractivity contribution in [2.75, 3.05) is 6.54 Å². The number of rotatable bonds is 3. The lowest BCUT2D eigenvalue weighted by molar-refractivity contribution is 0.768. The highest BCUT2D eigenvalue weighted by Crippen LogP contribution is 2.03. The van der Waals surface area contributed by atoms with Crippen molar-refractivity contribution in [3.8, 4) is 11.8 Å². The predicted octanol–water partition coefficient (Wildman–Crippen LogP) is 2.23. The summed E-state index contributed by atoms with van der Waals surface area (Å²) in [7, 11) is 0. The highest BCUT2D eigenvalue weighted by atomic mass is 32.1. The van der Waals surface area contributed by atoms with Crippen LogP contribution in [0.5, 0.6) is 0 Å². The van der Waals surface area contributed by atoms with Crippen molar-refractivity contribution in [2.24, 2.45) is 5.73 Å². The molecular weight excluding hydrogens is 166 g/mol. The summed E-state index contributed by atoms with van der Waals surface area (Å²) in [5, 5.41) is 4.11. The summed E-state index contributed by atoms with van der Waals surface area (Å²) in [5.74, 6) is 6.23. The van der Waals surface area contributed by atoms with Gasteiger partial charge in [-0.2, -0.15) is 11.3 Å². The Kier molecular flexibility index (Phi) is 4.51. The quantitative estimate of drug-likeness (QED) is 0.559. The summed E-state index contributed by atoms with van der Waals surface area (Å²) in [6, 6.07) is 2.04. The molecule has 1 rings (SSSR count). The van der Waals surface area contributed by atoms with Crippen LogP contribution in [0.15, 0.2) is 16.8 Å². The summed E-state index contributed by atoms with van der Waals surface area (Å²) in [6.07, 6.45) is 3.17. The van der Waals surface area contributed by atoms with E-state index in [0.717, 1.165) is 31.4 Å². The average Bonchev–Trinajstić information content (AvgIpc) is 2.57. The second kappa shape index (κ2) is 5.82. The van der Waals surface area contributed by atoms with E-state index in [0.29, 0.717) is 0 Å². The summed E-state index contributed by atoms with van der Waals surface area (Å²) < 4.78 is 0. The molecular formula is C10H13NS. The number of hydrogen-bond donors (Lipinski definition) is 1. The molecule has 1 heterocycles. The third-order valence-corrected chi connectivity index (χ3v) is 2.19. The Morgan fingerprint density at radius 3 is 3.00 bits per heavy atom. The van der Waals surface area contributed by atoms with Gasteiger partial charge in [0.1, 0.15) is 0 Å². The highest BCUT2D eigenvalue weighted by molar-refractivity contribution is 7.08. The first-order chi connectivity index (χ1) is 5.93. The predicted molar refractivity (Wildman–Crippen MR) is 54.1 cm³/mol. The molecule has 12 heavy (non-hydrogen) atoms. The lowest BCUT2D eigenvalue weighted by Gasteiger charge is -1.88. The van der Waals surface area contributed by atoms with Crippen LogP contribution < -0.4 is 5.73 Å². The normalized spacial score (nSPS) is 9.08. The molecule has 0 saturated carbocycles. The van der Waals surface area contributed by atoms with Crippen LogP contribution in [0.25, 0.3) is 0 Å². The van der Waals surface area contributed by atoms with Gasteiger partial charge in [-0.1, -0.05) is 11.8 Å². The van der Waals surface area contributed by atoms with Crippen LogP contribution in [-0.2, 0) is 0 Å². The fourth-order valence-corrected chi connectivity index (χ4v) is 1.45. The SMILES string of the molecule is NCCCCC#Cc1ccsc1. The molecule has 0 radical (unpaired) electrons. The zero-order valence-corrected chi connectivity index (χ0v) is 7.86. The average molecular weight is 179 g/mol. The van der Waals surface area contributed by atoms with Gasteiger partial charge in [-0.3, -0.25) is 0 Å². The first-order valence-corrected chi connectivity index (χ1v) is 5.09. The molecule has 2 N–H and O–H groups in total. The van der Waals surface area contributed by atoms with Crippen molar-refractivity contribution in [3.63, 3.8) is 0 Å². The highest BCUT2D eigenvalue weighted by Gasteiger charge is 1.84. The molecule has 0 fully saturated rings. The van der Waals surface area contributed by atoms with Crippen LogP contribution in [0.2, 0.25) is 0 Å². The van der Waals surface area contributed by atoms with Crippen LogP contribution in [0.3, 0.4) is 0 Å². The third-order valence-electron chi connectivity index (χ3n) is 1.51. The van der Waals surface area contributed by atoms with E-state index in [1.165, 1.54) is 0 Å². The summed E-state index contributed by atoms with van der Waals surface area (Å²) in [5.41, 5.74) is 6.49. The van der Waals surface area contributed by atoms with Gasteiger partial charge in [0, 0.05) is 17.4 Å². The van der Waals surface area contributed by atoms with Gasteiger partial charge in [0.2, 0.25) is 0 Å². The minimum Gasteiger partial charge on any atom is -0.330 e. The van der Waals surface area contributed by atoms with Crippen LogP contribution in [0, 0.1) is 11.8 Å². The van der Waals surface area contributed by atoms with Crippen molar-refractivity contribution < 1.29 is 0 Å². The summed E-state index contributed by atoms with van der Waals surface area (Å²) in [6.45, 7) is 0.778. The maximum Gasteiger partial charge on any atom is 0.0352 e. The molecule has 0 aliphatic heterocycles. The van der Waals surface area contributed by atoms with E-state index < -0.39 is 0 Å². The monoisotopic (exact) mass is 179 g/mol. The minimum atomic E-state index is 0.778. The van der Waals surface area contributed by atoms with Crippen LogP contribution in [0.4, 0.5) is 0 Å². The van der Waals surface area contributed by atoms with E-state index in [1.807, 2.05) is 11.4 Å². The van der Waals surface area contributed by atoms with E-state index in [9.17, 15) is 0 Å². The Hall–Kier alpha value is -0.780. The van der Waals surface area contributed by atoms with Crippen molar-refractivity contribution in [3.05, 3.63) is 22.4 Å². The molecule has 0 aromatic carbocycles. The standard InChI is InChI=1S/C10H13NS/c11-7-4-2-1-3-5-10-6-8-12-9-10/h6,8-9H,1-2,4,7,11H2. The molecule has 2 heteroatoms. The van der Waals surface area contributed by atoms with Crippen molar-refractivity contribution in [2.45, 2.75) is 19.3 Å². The number of hydrogen-bond acceptors (Lipinski definition) is 2. The molecule has 0 aliphatic rings. The molecule has 1 aromatic rings. The fraction of sp³-hybridized carbons (Fsp3) is 0.400. The van der Waals surface area contributed by atoms with Crippen molar-refractivity contribution in [1.29, 1.82) is 0 Å². The van der Waals surface area contributed by atoms with Crippen LogP contribution >= 0.6 is 11.3 Å². The Morgan fingerprint density at radius 1 is 1.42 bits per heavy atom. The Bertz CT molecular complexity index is 253. The fourth-order valence-electron chi connectivity index (χ4n) is 0.858. The minimum absolute atomic E-state index is 0.778. The van der Waals surface area contributed by atoms with Gasteiger partial charge in [-0.15, -0.1) is 0 Å². The maximum absolute atomic E-state index is 5.36. The van der Waals surface area contributed by atoms with Gasteiger partial charge >= 0.3 is 0 Å². The van der Waals surface area contributed by atoms with E-state index >= 15 is 0 Å². The van der Waals surface area contributed by atoms with E-state index in [4.69, 9.17) is 5.73 Å². The molecule has 0 bridgehead atoms. The third kappa shape index (κ3) is 3.56. The van der Waals surface area contributed by atoms with E-state index in [1.54, 1.807) is 11.3 Å². The molecule has 0 unspecified atom stereocenters. The zero-order chi connectivity index (χ0) is 8.65. The van der Waals surface area contributed by atoms with Crippen molar-refractivity contribution in [1.82, 2.24) is 0 Å². The molecule has 0 atom stereocenters. The number of unbranched alkanes of at least 4 members (excludes halogenated alkanes) is 2. The van der Waals surface area contributed by atoms with Gasteiger partial charge in [-0.05, 0) is 30.8 Å². The van der Waals surface area contributed by atoms with Gasteiger partial charge < -0.3 is 5.73 Å². The molecule has 0 amide bonds. The molecule has 0 aliphatic carbocycles. The molecule has 1 nitrogen and oxygen atoms in total. The van der Waals surface area contributed by atoms with Gasteiger partial charge in [0.05, 0.1) is 0 Å². The Labute approximate surface area is 77.6 Å². The Morgan fingerprint density at radius 2 is 2.33 bits per heavy atom. The second-order valence-electron chi connectivity index (χ2n) is 2.56. The first-order valence-electron chi connectivity index (χ1n) is 4.14. The van der Waals surface area contributed by atoms with E-state index in [-0.39, 0.29) is 0 Å². The smallest absolute Gasteiger partial charge is 0.0352 e. The summed E-state index contributed by atoms with van der Waals surface area (Å²) in [4.78, 5) is 0. The molecule has 0 saturated heterocycles. The number of nitrogens with two attached hydrogens (primary N) is 1. The van der Waals surface area contributed by atoms with Gasteiger partial charge in [-0.25, -0.2) is 0 Å². The van der Waals surface area contributed by atoms with Crippen LogP contribution in [0.1, 0.15) is 24.8 Å². The van der Waals surface area contributed by atoms with E-state index in [2.05, 4.69) is 17.2 Å². The molecule has 0 spiro atoms. The Balaban J connectivity index is 2.21. The first kappa shape index (κ1) is 9.31. The van der Waals surface area contributed by atoms with Gasteiger partial charge in [0.15, 0.2) is 0 Å². The summed E-state index contributed by atoms with van der Waals surface area (Å²) >= 11 is 1.69. The zero-order valence-electron chi connectivity index (χ0n) is 7.05. The second-order valence-corrected chi connectivity index (χ2v) is 3.34. The van der Waals surface area contributed by atoms with Crippen LogP contribution in [-0.4, -0.2) is 6.54 Å². The number of thiophene rings is 1. The lowest BCUT2D eigenvalue weighted by atomic mass is 10.2. The largest absolute Gasteiger partial charge is 0.330 e. The molecule has 1 aromatic heterocycles. The van der Waals surface area contributed by atoms with Crippen molar-refractivity contribution >= 4 is 11.3 Å². The maximum atomic E-state index is 5.36. The van der Waals surface area contributed by atoms with Gasteiger partial charge in [0.25, 0.3) is 0 Å². The topological polar surface area (TPSA) is 26.0 Å². The lowest BCUT2D eigenvalue weighted by Crippen LogP contribution is -1.96.